The first-order valence-electron chi connectivity index (χ1n) is 11.2. The average Bonchev–Trinajstić information content (AvgIpc) is 3.48. The number of rotatable bonds is 7. The molecule has 34 heavy (non-hydrogen) atoms. The Kier molecular flexibility index (Phi) is 6.06. The van der Waals surface area contributed by atoms with Gasteiger partial charge in [0, 0.05) is 37.4 Å². The first kappa shape index (κ1) is 22.1. The third kappa shape index (κ3) is 4.28. The van der Waals surface area contributed by atoms with E-state index in [1.165, 1.54) is 13.3 Å². The van der Waals surface area contributed by atoms with Gasteiger partial charge >= 0.3 is 6.09 Å². The van der Waals surface area contributed by atoms with Gasteiger partial charge in [0.05, 0.1) is 32.5 Å². The molecular formula is C24H26FN5O4. The summed E-state index contributed by atoms with van der Waals surface area (Å²) in [5, 5.41) is 3.48. The van der Waals surface area contributed by atoms with Crippen LogP contribution in [0.4, 0.5) is 20.6 Å². The number of anilines is 2. The van der Waals surface area contributed by atoms with Crippen LogP contribution < -0.4 is 24.6 Å². The second kappa shape index (κ2) is 9.30. The topological polar surface area (TPSA) is 89.1 Å². The summed E-state index contributed by atoms with van der Waals surface area (Å²) in [6.07, 6.45) is 1.43. The quantitative estimate of drug-likeness (QED) is 0.567. The minimum atomic E-state index is -0.409. The van der Waals surface area contributed by atoms with Gasteiger partial charge in [0.1, 0.15) is 23.1 Å². The Balaban J connectivity index is 1.21. The second-order valence-corrected chi connectivity index (χ2v) is 8.33. The maximum Gasteiger partial charge on any atom is 0.414 e. The van der Waals surface area contributed by atoms with Crippen LogP contribution in [0.1, 0.15) is 6.42 Å². The fourth-order valence-electron chi connectivity index (χ4n) is 4.46. The molecule has 2 atom stereocenters. The Morgan fingerprint density at radius 3 is 2.74 bits per heavy atom. The van der Waals surface area contributed by atoms with Crippen molar-refractivity contribution in [3.63, 3.8) is 0 Å². The number of fused-ring (bicyclic) bond motifs is 1. The highest BCUT2D eigenvalue weighted by Crippen LogP contribution is 2.31. The monoisotopic (exact) mass is 467 g/mol. The van der Waals surface area contributed by atoms with E-state index in [4.69, 9.17) is 14.2 Å². The number of hydrogen-bond donors (Lipinski definition) is 1. The normalized spacial score (nSPS) is 20.1. The molecule has 0 saturated carbocycles. The summed E-state index contributed by atoms with van der Waals surface area (Å²) >= 11 is 0. The largest absolute Gasteiger partial charge is 0.497 e. The van der Waals surface area contributed by atoms with Crippen molar-refractivity contribution in [2.75, 3.05) is 50.2 Å². The lowest BCUT2D eigenvalue weighted by atomic mass is 10.2. The van der Waals surface area contributed by atoms with E-state index in [9.17, 15) is 9.18 Å². The Labute approximate surface area is 196 Å². The number of nitrogens with one attached hydrogen (secondary N) is 1. The summed E-state index contributed by atoms with van der Waals surface area (Å²) in [7, 11) is 3.13. The van der Waals surface area contributed by atoms with Gasteiger partial charge in [-0.3, -0.25) is 9.88 Å². The van der Waals surface area contributed by atoms with E-state index in [2.05, 4.69) is 15.3 Å². The number of methoxy groups -OCH3 is 2. The first-order chi connectivity index (χ1) is 16.6. The van der Waals surface area contributed by atoms with Gasteiger partial charge < -0.3 is 24.4 Å². The van der Waals surface area contributed by atoms with Crippen LogP contribution in [0.2, 0.25) is 0 Å². The van der Waals surface area contributed by atoms with Crippen molar-refractivity contribution in [2.45, 2.75) is 18.6 Å². The Bertz CT molecular complexity index is 1190. The molecule has 2 fully saturated rings. The van der Waals surface area contributed by atoms with E-state index in [1.54, 1.807) is 24.1 Å². The number of ether oxygens (including phenoxy) is 3. The smallest absolute Gasteiger partial charge is 0.414 e. The average molecular weight is 468 g/mol. The maximum absolute atomic E-state index is 14.8. The molecule has 0 bridgehead atoms. The van der Waals surface area contributed by atoms with Crippen LogP contribution >= 0.6 is 0 Å². The van der Waals surface area contributed by atoms with Crippen molar-refractivity contribution < 1.29 is 23.4 Å². The van der Waals surface area contributed by atoms with E-state index >= 15 is 0 Å². The Morgan fingerprint density at radius 1 is 1.15 bits per heavy atom. The highest BCUT2D eigenvalue weighted by molar-refractivity contribution is 5.90. The molecule has 1 amide bonds. The third-order valence-corrected chi connectivity index (χ3v) is 6.22. The van der Waals surface area contributed by atoms with Crippen LogP contribution in [0.3, 0.4) is 0 Å². The number of benzene rings is 1. The van der Waals surface area contributed by atoms with Gasteiger partial charge in [-0.15, -0.1) is 0 Å². The number of nitrogens with zero attached hydrogens (tertiary/aromatic N) is 4. The molecule has 178 valence electrons. The maximum atomic E-state index is 14.8. The standard InChI is InChI=1S/C24H26FN5O4/c1-32-17-5-3-16(4-6-17)30-14-18(34-24(30)31)11-26-15-9-10-29(13-15)23-19(25)12-27-20-7-8-21(33-2)28-22(20)23/h3-8,12,15,18,26H,9-11,13-14H2,1-2H3/t15-,18+/m0/s1. The molecule has 2 aliphatic heterocycles. The summed E-state index contributed by atoms with van der Waals surface area (Å²) in [6.45, 7) is 2.26. The van der Waals surface area contributed by atoms with Crippen LogP contribution in [-0.4, -0.2) is 68.6 Å². The van der Waals surface area contributed by atoms with Crippen molar-refractivity contribution in [1.82, 2.24) is 15.3 Å². The number of carbonyl (C=O) groups excluding carboxylic acids is 1. The Hall–Kier alpha value is -3.66. The van der Waals surface area contributed by atoms with Gasteiger partial charge in [-0.25, -0.2) is 14.2 Å². The van der Waals surface area contributed by atoms with Crippen molar-refractivity contribution >= 4 is 28.5 Å². The molecule has 2 saturated heterocycles. The predicted molar refractivity (Wildman–Crippen MR) is 125 cm³/mol. The number of aromatic nitrogens is 2. The molecule has 0 unspecified atom stereocenters. The molecule has 0 spiro atoms. The Morgan fingerprint density at radius 2 is 1.97 bits per heavy atom. The van der Waals surface area contributed by atoms with Crippen LogP contribution in [-0.2, 0) is 4.74 Å². The zero-order valence-electron chi connectivity index (χ0n) is 19.0. The van der Waals surface area contributed by atoms with Crippen LogP contribution in [0, 0.1) is 5.82 Å². The minimum Gasteiger partial charge on any atom is -0.497 e. The molecule has 5 rings (SSSR count). The highest BCUT2D eigenvalue weighted by atomic mass is 19.1. The zero-order valence-corrected chi connectivity index (χ0v) is 19.0. The van der Waals surface area contributed by atoms with E-state index in [-0.39, 0.29) is 18.2 Å². The van der Waals surface area contributed by atoms with Crippen molar-refractivity contribution in [1.29, 1.82) is 0 Å². The lowest BCUT2D eigenvalue weighted by molar-refractivity contribution is 0.138. The van der Waals surface area contributed by atoms with Gasteiger partial charge in [-0.1, -0.05) is 0 Å². The third-order valence-electron chi connectivity index (χ3n) is 6.22. The molecule has 1 aromatic carbocycles. The minimum absolute atomic E-state index is 0.127. The first-order valence-corrected chi connectivity index (χ1v) is 11.2. The van der Waals surface area contributed by atoms with E-state index < -0.39 is 5.82 Å². The number of carbonyl (C=O) groups is 1. The summed E-state index contributed by atoms with van der Waals surface area (Å²) in [5.74, 6) is 0.737. The van der Waals surface area contributed by atoms with Gasteiger partial charge in [-0.2, -0.15) is 0 Å². The lowest BCUT2D eigenvalue weighted by Gasteiger charge is -2.21. The summed E-state index contributed by atoms with van der Waals surface area (Å²) in [5.41, 5.74) is 2.31. The highest BCUT2D eigenvalue weighted by Gasteiger charge is 2.34. The molecule has 2 aliphatic rings. The number of hydrogen-bond acceptors (Lipinski definition) is 8. The SMILES string of the molecule is COc1ccc(N2C[C@@H](CN[C@H]3CCN(c4c(F)cnc5ccc(OC)nc45)C3)OC2=O)cc1. The van der Waals surface area contributed by atoms with Crippen molar-refractivity contribution in [3.8, 4) is 11.6 Å². The number of amides is 1. The molecule has 1 N–H and O–H groups in total. The zero-order chi connectivity index (χ0) is 23.7. The van der Waals surface area contributed by atoms with Crippen molar-refractivity contribution in [2.24, 2.45) is 0 Å². The van der Waals surface area contributed by atoms with Gasteiger partial charge in [-0.05, 0) is 36.8 Å². The molecule has 3 aromatic rings. The van der Waals surface area contributed by atoms with Crippen LogP contribution in [0.5, 0.6) is 11.6 Å². The van der Waals surface area contributed by atoms with Crippen LogP contribution in [0.25, 0.3) is 11.0 Å². The molecule has 2 aromatic heterocycles. The lowest BCUT2D eigenvalue weighted by Crippen LogP contribution is -2.39. The van der Waals surface area contributed by atoms with E-state index in [1.807, 2.05) is 29.2 Å². The molecule has 9 nitrogen and oxygen atoms in total. The number of pyridine rings is 2. The molecule has 0 aliphatic carbocycles. The summed E-state index contributed by atoms with van der Waals surface area (Å²) in [6, 6.07) is 10.9. The molecule has 0 radical (unpaired) electrons. The molecule has 10 heteroatoms. The number of halogens is 1. The van der Waals surface area contributed by atoms with Crippen molar-refractivity contribution in [3.05, 3.63) is 48.4 Å². The fraction of sp³-hybridized carbons (Fsp3) is 0.375. The second-order valence-electron chi connectivity index (χ2n) is 8.33. The fourth-order valence-corrected chi connectivity index (χ4v) is 4.46. The van der Waals surface area contributed by atoms with E-state index in [0.29, 0.717) is 48.8 Å². The van der Waals surface area contributed by atoms with E-state index in [0.717, 1.165) is 17.9 Å². The summed E-state index contributed by atoms with van der Waals surface area (Å²) in [4.78, 5) is 24.5. The van der Waals surface area contributed by atoms with Gasteiger partial charge in [0.2, 0.25) is 5.88 Å². The molecular weight excluding hydrogens is 441 g/mol. The predicted octanol–water partition coefficient (Wildman–Crippen LogP) is 2.98. The molecule has 4 heterocycles. The van der Waals surface area contributed by atoms with Gasteiger partial charge in [0.15, 0.2) is 5.82 Å². The summed E-state index contributed by atoms with van der Waals surface area (Å²) < 4.78 is 30.7. The van der Waals surface area contributed by atoms with Crippen LogP contribution in [0.15, 0.2) is 42.6 Å². The van der Waals surface area contributed by atoms with Gasteiger partial charge in [0.25, 0.3) is 0 Å². The number of cyclic esters (lactones) is 1.